The number of amides is 1. The second-order valence-electron chi connectivity index (χ2n) is 6.75. The molecule has 1 aliphatic heterocycles. The number of anilines is 1. The van der Waals surface area contributed by atoms with Crippen LogP contribution in [0, 0.1) is 5.82 Å². The highest BCUT2D eigenvalue weighted by atomic mass is 19.1. The fraction of sp³-hybridized carbons (Fsp3) is 0.250. The van der Waals surface area contributed by atoms with Crippen molar-refractivity contribution in [3.8, 4) is 11.1 Å². The van der Waals surface area contributed by atoms with E-state index < -0.39 is 18.0 Å². The summed E-state index contributed by atoms with van der Waals surface area (Å²) >= 11 is 0. The molecule has 1 aliphatic rings. The molecule has 0 spiro atoms. The first-order valence-corrected chi connectivity index (χ1v) is 9.14. The van der Waals surface area contributed by atoms with E-state index in [-0.39, 0.29) is 19.7 Å². The molecule has 3 N–H and O–H groups in total. The first kappa shape index (κ1) is 19.0. The predicted octanol–water partition coefficient (Wildman–Crippen LogP) is 2.06. The van der Waals surface area contributed by atoms with Crippen LogP contribution in [0.1, 0.15) is 11.3 Å². The van der Waals surface area contributed by atoms with E-state index in [2.05, 4.69) is 10.3 Å². The number of rotatable bonds is 6. The zero-order chi connectivity index (χ0) is 20.4. The van der Waals surface area contributed by atoms with Gasteiger partial charge in [0, 0.05) is 12.1 Å². The molecule has 2 aromatic carbocycles. The minimum absolute atomic E-state index is 0.212. The third-order valence-electron chi connectivity index (χ3n) is 4.88. The zero-order valence-electron chi connectivity index (χ0n) is 15.5. The van der Waals surface area contributed by atoms with Gasteiger partial charge in [0.1, 0.15) is 11.9 Å². The third kappa shape index (κ3) is 3.82. The van der Waals surface area contributed by atoms with Crippen LogP contribution >= 0.6 is 0 Å². The lowest BCUT2D eigenvalue weighted by Gasteiger charge is -2.15. The average Bonchev–Trinajstić information content (AvgIpc) is 3.34. The number of carbonyl (C=O) groups is 1. The first-order chi connectivity index (χ1) is 14.1. The lowest BCUT2D eigenvalue weighted by molar-refractivity contribution is 0.127. The van der Waals surface area contributed by atoms with E-state index in [1.807, 2.05) is 24.3 Å². The van der Waals surface area contributed by atoms with E-state index in [4.69, 9.17) is 10.5 Å². The summed E-state index contributed by atoms with van der Waals surface area (Å²) in [6, 6.07) is 12.0. The number of carbonyl (C=O) groups excluding carboxylic acids is 1. The average molecular weight is 397 g/mol. The second-order valence-corrected chi connectivity index (χ2v) is 6.75. The van der Waals surface area contributed by atoms with Crippen molar-refractivity contribution in [2.45, 2.75) is 25.8 Å². The van der Waals surface area contributed by atoms with Crippen molar-refractivity contribution < 1.29 is 19.0 Å². The molecular weight excluding hydrogens is 377 g/mol. The molecule has 29 heavy (non-hydrogen) atoms. The van der Waals surface area contributed by atoms with E-state index in [0.717, 1.165) is 11.1 Å². The molecule has 1 aromatic heterocycles. The largest absolute Gasteiger partial charge is 0.442 e. The summed E-state index contributed by atoms with van der Waals surface area (Å²) in [5.41, 5.74) is 8.67. The van der Waals surface area contributed by atoms with Crippen molar-refractivity contribution in [3.05, 3.63) is 65.7 Å². The maximum atomic E-state index is 14.7. The molecule has 0 saturated carbocycles. The van der Waals surface area contributed by atoms with E-state index in [1.54, 1.807) is 12.1 Å². The van der Waals surface area contributed by atoms with Crippen LogP contribution < -0.4 is 10.6 Å². The normalized spacial score (nSPS) is 16.3. The summed E-state index contributed by atoms with van der Waals surface area (Å²) < 4.78 is 21.6. The Balaban J connectivity index is 1.51. The van der Waals surface area contributed by atoms with Crippen LogP contribution in [0.2, 0.25) is 0 Å². The Labute approximate surface area is 166 Å². The number of aromatic nitrogens is 3. The number of halogens is 1. The number of nitrogens with two attached hydrogens (primary N) is 1. The summed E-state index contributed by atoms with van der Waals surface area (Å²) in [6.07, 6.45) is 0.407. The summed E-state index contributed by atoms with van der Waals surface area (Å²) in [5.74, 6) is -0.432. The third-order valence-corrected chi connectivity index (χ3v) is 4.88. The first-order valence-electron chi connectivity index (χ1n) is 9.14. The summed E-state index contributed by atoms with van der Waals surface area (Å²) in [6.45, 7) is 0.713. The minimum atomic E-state index is -0.555. The lowest BCUT2D eigenvalue weighted by atomic mass is 10.0. The maximum Gasteiger partial charge on any atom is 0.414 e. The molecule has 150 valence electrons. The maximum absolute atomic E-state index is 14.7. The molecule has 3 aromatic rings. The molecule has 0 bridgehead atoms. The Bertz CT molecular complexity index is 1020. The smallest absolute Gasteiger partial charge is 0.414 e. The molecule has 4 rings (SSSR count). The number of hydrogen-bond acceptors (Lipinski definition) is 6. The molecule has 2 heterocycles. The van der Waals surface area contributed by atoms with E-state index in [0.29, 0.717) is 23.5 Å². The van der Waals surface area contributed by atoms with E-state index in [9.17, 15) is 14.3 Å². The number of benzene rings is 2. The fourth-order valence-electron chi connectivity index (χ4n) is 3.30. The van der Waals surface area contributed by atoms with Crippen molar-refractivity contribution >= 4 is 11.8 Å². The van der Waals surface area contributed by atoms with Crippen LogP contribution in [-0.4, -0.2) is 38.8 Å². The van der Waals surface area contributed by atoms with Gasteiger partial charge in [-0.25, -0.2) is 13.9 Å². The second kappa shape index (κ2) is 7.98. The Morgan fingerprint density at radius 1 is 1.24 bits per heavy atom. The number of ether oxygens (including phenoxy) is 1. The SMILES string of the molecule is NCc1ccc(-c2ccc(N3C[C@H](Cn4nncc4CO)OC3=O)cc2F)cc1. The van der Waals surface area contributed by atoms with Gasteiger partial charge in [-0.1, -0.05) is 29.5 Å². The topological polar surface area (TPSA) is 106 Å². The Hall–Kier alpha value is -3.30. The molecular formula is C20H20FN5O3. The summed E-state index contributed by atoms with van der Waals surface area (Å²) in [5, 5.41) is 16.9. The van der Waals surface area contributed by atoms with E-state index in [1.165, 1.54) is 21.8 Å². The number of hydrogen-bond donors (Lipinski definition) is 2. The summed E-state index contributed by atoms with van der Waals surface area (Å²) in [4.78, 5) is 13.7. The minimum Gasteiger partial charge on any atom is -0.442 e. The van der Waals surface area contributed by atoms with Crippen molar-refractivity contribution in [1.29, 1.82) is 0 Å². The Kier molecular flexibility index (Phi) is 5.24. The Morgan fingerprint density at radius 3 is 2.72 bits per heavy atom. The van der Waals surface area contributed by atoms with Crippen molar-refractivity contribution in [2.24, 2.45) is 5.73 Å². The molecule has 9 heteroatoms. The quantitative estimate of drug-likeness (QED) is 0.659. The molecule has 8 nitrogen and oxygen atoms in total. The molecule has 1 saturated heterocycles. The van der Waals surface area contributed by atoms with Crippen LogP contribution in [0.25, 0.3) is 11.1 Å². The van der Waals surface area contributed by atoms with Gasteiger partial charge in [0.15, 0.2) is 0 Å². The van der Waals surface area contributed by atoms with E-state index >= 15 is 0 Å². The molecule has 0 radical (unpaired) electrons. The van der Waals surface area contributed by atoms with Crippen molar-refractivity contribution in [2.75, 3.05) is 11.4 Å². The van der Waals surface area contributed by atoms with Gasteiger partial charge in [-0.05, 0) is 29.3 Å². The van der Waals surface area contributed by atoms with Crippen LogP contribution in [-0.2, 0) is 24.4 Å². The van der Waals surface area contributed by atoms with Crippen molar-refractivity contribution in [3.63, 3.8) is 0 Å². The van der Waals surface area contributed by atoms with Gasteiger partial charge >= 0.3 is 6.09 Å². The molecule has 0 aliphatic carbocycles. The highest BCUT2D eigenvalue weighted by Gasteiger charge is 2.33. The standard InChI is InChI=1S/C20H20FN5O3/c21-19-7-15(5-6-18(19)14-3-1-13(8-22)2-4-14)25-10-17(29-20(25)28)11-26-16(12-27)9-23-24-26/h1-7,9,17,27H,8,10-12,22H2/t17-/m1/s1. The fourth-order valence-corrected chi connectivity index (χ4v) is 3.30. The van der Waals surface area contributed by atoms with Gasteiger partial charge in [-0.3, -0.25) is 4.90 Å². The van der Waals surface area contributed by atoms with Crippen LogP contribution in [0.3, 0.4) is 0 Å². The van der Waals surface area contributed by atoms with Gasteiger partial charge in [0.25, 0.3) is 0 Å². The molecule has 1 amide bonds. The number of aliphatic hydroxyl groups excluding tert-OH is 1. The highest BCUT2D eigenvalue weighted by molar-refractivity contribution is 5.90. The number of nitrogens with zero attached hydrogens (tertiary/aromatic N) is 4. The number of aliphatic hydroxyl groups is 1. The monoisotopic (exact) mass is 397 g/mol. The molecule has 0 unspecified atom stereocenters. The van der Waals surface area contributed by atoms with Gasteiger partial charge in [-0.2, -0.15) is 0 Å². The van der Waals surface area contributed by atoms with Crippen LogP contribution in [0.5, 0.6) is 0 Å². The zero-order valence-corrected chi connectivity index (χ0v) is 15.5. The highest BCUT2D eigenvalue weighted by Crippen LogP contribution is 2.29. The van der Waals surface area contributed by atoms with Gasteiger partial charge in [0.2, 0.25) is 0 Å². The number of cyclic esters (lactones) is 1. The Morgan fingerprint density at radius 2 is 2.03 bits per heavy atom. The molecule has 1 atom stereocenters. The van der Waals surface area contributed by atoms with Gasteiger partial charge in [-0.15, -0.1) is 5.10 Å². The molecule has 1 fully saturated rings. The summed E-state index contributed by atoms with van der Waals surface area (Å²) in [7, 11) is 0. The van der Waals surface area contributed by atoms with Gasteiger partial charge < -0.3 is 15.6 Å². The predicted molar refractivity (Wildman–Crippen MR) is 103 cm³/mol. The lowest BCUT2D eigenvalue weighted by Crippen LogP contribution is -2.26. The van der Waals surface area contributed by atoms with Crippen LogP contribution in [0.4, 0.5) is 14.9 Å². The van der Waals surface area contributed by atoms with Crippen LogP contribution in [0.15, 0.2) is 48.7 Å². The van der Waals surface area contributed by atoms with Crippen molar-refractivity contribution in [1.82, 2.24) is 15.0 Å². The van der Waals surface area contributed by atoms with Gasteiger partial charge in [0.05, 0.1) is 37.3 Å².